The Morgan fingerprint density at radius 3 is 2.32 bits per heavy atom. The van der Waals surface area contributed by atoms with Crippen molar-refractivity contribution in [1.82, 2.24) is 15.1 Å². The number of halogens is 1. The first kappa shape index (κ1) is 28.5. The largest absolute Gasteiger partial charge is 0.391 e. The van der Waals surface area contributed by atoms with Gasteiger partial charge < -0.3 is 36.8 Å². The molecule has 2 unspecified atom stereocenters. The van der Waals surface area contributed by atoms with E-state index in [1.165, 1.54) is 47.9 Å². The molecule has 2 saturated heterocycles. The van der Waals surface area contributed by atoms with Gasteiger partial charge in [0.2, 0.25) is 23.6 Å². The highest BCUT2D eigenvalue weighted by Crippen LogP contribution is 2.36. The van der Waals surface area contributed by atoms with Crippen LogP contribution in [0.1, 0.15) is 45.1 Å². The molecule has 204 valence electrons. The molecule has 1 aromatic rings. The van der Waals surface area contributed by atoms with E-state index in [4.69, 9.17) is 11.5 Å². The second kappa shape index (κ2) is 11.5. The number of benzene rings is 1. The van der Waals surface area contributed by atoms with Gasteiger partial charge in [0.05, 0.1) is 12.2 Å². The van der Waals surface area contributed by atoms with E-state index in [1.54, 1.807) is 0 Å². The van der Waals surface area contributed by atoms with Crippen LogP contribution in [-0.4, -0.2) is 92.6 Å². The van der Waals surface area contributed by atoms with Crippen LogP contribution in [0.15, 0.2) is 24.3 Å². The predicted octanol–water partition coefficient (Wildman–Crippen LogP) is -1.22. The quantitative estimate of drug-likeness (QED) is 0.270. The SMILES string of the molecule is C[C@@H](O)[C@H](N)C(=O)N1CCCC1C(=O)N1CCCC1(Cc1ccc(F)cc1)C(=O)N[C@H](C(N)=O)[C@@H](C)O. The molecule has 0 saturated carbocycles. The van der Waals surface area contributed by atoms with Crippen LogP contribution in [-0.2, 0) is 25.6 Å². The number of nitrogens with zero attached hydrogens (tertiary/aromatic N) is 2. The molecule has 1 aromatic carbocycles. The maximum Gasteiger partial charge on any atom is 0.247 e. The average Bonchev–Trinajstić information content (AvgIpc) is 3.50. The molecule has 6 atom stereocenters. The van der Waals surface area contributed by atoms with Crippen LogP contribution >= 0.6 is 0 Å². The van der Waals surface area contributed by atoms with Gasteiger partial charge in [0.25, 0.3) is 0 Å². The van der Waals surface area contributed by atoms with Gasteiger partial charge in [-0.2, -0.15) is 0 Å². The molecular weight excluding hydrogens is 485 g/mol. The minimum atomic E-state index is -1.47. The number of aliphatic hydroxyl groups is 2. The number of hydrogen-bond donors (Lipinski definition) is 5. The van der Waals surface area contributed by atoms with Crippen molar-refractivity contribution in [3.05, 3.63) is 35.6 Å². The van der Waals surface area contributed by atoms with Gasteiger partial charge in [-0.3, -0.25) is 19.2 Å². The summed E-state index contributed by atoms with van der Waals surface area (Å²) in [5.41, 5.74) is 10.3. The molecular formula is C25H36FN5O6. The van der Waals surface area contributed by atoms with Crippen LogP contribution in [0.25, 0.3) is 0 Å². The Bertz CT molecular complexity index is 1020. The van der Waals surface area contributed by atoms with Gasteiger partial charge in [-0.25, -0.2) is 4.39 Å². The van der Waals surface area contributed by atoms with Gasteiger partial charge >= 0.3 is 0 Å². The van der Waals surface area contributed by atoms with Gasteiger partial charge in [0.1, 0.15) is 29.5 Å². The van der Waals surface area contributed by atoms with Crippen LogP contribution < -0.4 is 16.8 Å². The third-order valence-corrected chi connectivity index (χ3v) is 7.29. The summed E-state index contributed by atoms with van der Waals surface area (Å²) < 4.78 is 13.6. The molecule has 2 fully saturated rings. The first-order valence-corrected chi connectivity index (χ1v) is 12.5. The Labute approximate surface area is 215 Å². The average molecular weight is 522 g/mol. The lowest BCUT2D eigenvalue weighted by molar-refractivity contribution is -0.152. The van der Waals surface area contributed by atoms with Crippen molar-refractivity contribution < 1.29 is 33.8 Å². The topological polar surface area (TPSA) is 179 Å². The minimum Gasteiger partial charge on any atom is -0.391 e. The third-order valence-electron chi connectivity index (χ3n) is 7.29. The maximum atomic E-state index is 13.9. The summed E-state index contributed by atoms with van der Waals surface area (Å²) in [5, 5.41) is 22.3. The van der Waals surface area contributed by atoms with Crippen molar-refractivity contribution in [1.29, 1.82) is 0 Å². The van der Waals surface area contributed by atoms with E-state index in [0.29, 0.717) is 24.8 Å². The zero-order chi connectivity index (χ0) is 27.5. The van der Waals surface area contributed by atoms with E-state index in [-0.39, 0.29) is 25.9 Å². The number of hydrogen-bond acceptors (Lipinski definition) is 7. The van der Waals surface area contributed by atoms with Gasteiger partial charge in [0, 0.05) is 19.5 Å². The van der Waals surface area contributed by atoms with E-state index >= 15 is 0 Å². The lowest BCUT2D eigenvalue weighted by atomic mass is 9.86. The molecule has 2 aliphatic rings. The van der Waals surface area contributed by atoms with Crippen molar-refractivity contribution in [2.24, 2.45) is 11.5 Å². The van der Waals surface area contributed by atoms with E-state index in [9.17, 15) is 33.8 Å². The molecule has 2 heterocycles. The summed E-state index contributed by atoms with van der Waals surface area (Å²) in [6, 6.07) is 2.07. The zero-order valence-corrected chi connectivity index (χ0v) is 21.1. The smallest absolute Gasteiger partial charge is 0.247 e. The van der Waals surface area contributed by atoms with E-state index in [1.807, 2.05) is 0 Å². The van der Waals surface area contributed by atoms with E-state index in [2.05, 4.69) is 5.32 Å². The summed E-state index contributed by atoms with van der Waals surface area (Å²) in [6.45, 7) is 3.20. The molecule has 12 heteroatoms. The van der Waals surface area contributed by atoms with Crippen LogP contribution in [0, 0.1) is 5.82 Å². The second-order valence-electron chi connectivity index (χ2n) is 9.98. The molecule has 37 heavy (non-hydrogen) atoms. The normalized spacial score (nSPS) is 24.9. The molecule has 11 nitrogen and oxygen atoms in total. The Balaban J connectivity index is 1.97. The number of carbonyl (C=O) groups is 4. The highest BCUT2D eigenvalue weighted by atomic mass is 19.1. The Kier molecular flexibility index (Phi) is 8.88. The number of likely N-dealkylation sites (tertiary alicyclic amines) is 2. The van der Waals surface area contributed by atoms with Gasteiger partial charge in [-0.1, -0.05) is 12.1 Å². The number of primary amides is 1. The first-order chi connectivity index (χ1) is 17.4. The fourth-order valence-corrected chi connectivity index (χ4v) is 5.21. The Morgan fingerprint density at radius 1 is 1.11 bits per heavy atom. The number of rotatable bonds is 9. The number of carbonyl (C=O) groups excluding carboxylic acids is 4. The number of aliphatic hydroxyl groups excluding tert-OH is 2. The summed E-state index contributed by atoms with van der Waals surface area (Å²) in [7, 11) is 0. The highest BCUT2D eigenvalue weighted by molar-refractivity contribution is 5.98. The lowest BCUT2D eigenvalue weighted by Crippen LogP contribution is -2.65. The molecule has 0 spiro atoms. The molecule has 7 N–H and O–H groups in total. The second-order valence-corrected chi connectivity index (χ2v) is 9.98. The lowest BCUT2D eigenvalue weighted by Gasteiger charge is -2.41. The van der Waals surface area contributed by atoms with Crippen molar-refractivity contribution >= 4 is 23.6 Å². The zero-order valence-electron chi connectivity index (χ0n) is 21.1. The van der Waals surface area contributed by atoms with Gasteiger partial charge in [-0.05, 0) is 57.2 Å². The summed E-state index contributed by atoms with van der Waals surface area (Å²) in [6.07, 6.45) is -0.759. The van der Waals surface area contributed by atoms with Crippen LogP contribution in [0.4, 0.5) is 4.39 Å². The maximum absolute atomic E-state index is 13.9. The van der Waals surface area contributed by atoms with E-state index in [0.717, 1.165) is 0 Å². The molecule has 3 rings (SSSR count). The molecule has 4 amide bonds. The van der Waals surface area contributed by atoms with Crippen LogP contribution in [0.3, 0.4) is 0 Å². The molecule has 0 aromatic heterocycles. The number of nitrogens with two attached hydrogens (primary N) is 2. The first-order valence-electron chi connectivity index (χ1n) is 12.5. The van der Waals surface area contributed by atoms with Crippen molar-refractivity contribution in [2.45, 2.75) is 81.8 Å². The van der Waals surface area contributed by atoms with Crippen molar-refractivity contribution in [2.75, 3.05) is 13.1 Å². The minimum absolute atomic E-state index is 0.0179. The fourth-order valence-electron chi connectivity index (χ4n) is 5.21. The molecule has 0 bridgehead atoms. The third kappa shape index (κ3) is 5.91. The predicted molar refractivity (Wildman–Crippen MR) is 131 cm³/mol. The number of nitrogens with one attached hydrogen (secondary N) is 1. The summed E-state index contributed by atoms with van der Waals surface area (Å²) >= 11 is 0. The van der Waals surface area contributed by atoms with Gasteiger partial charge in [-0.15, -0.1) is 0 Å². The van der Waals surface area contributed by atoms with Crippen LogP contribution in [0.5, 0.6) is 0 Å². The Morgan fingerprint density at radius 2 is 1.76 bits per heavy atom. The van der Waals surface area contributed by atoms with Crippen LogP contribution in [0.2, 0.25) is 0 Å². The summed E-state index contributed by atoms with van der Waals surface area (Å²) in [4.78, 5) is 55.3. The van der Waals surface area contributed by atoms with Crippen molar-refractivity contribution in [3.8, 4) is 0 Å². The molecule has 2 aliphatic heterocycles. The van der Waals surface area contributed by atoms with E-state index < -0.39 is 65.3 Å². The number of amides is 4. The molecule has 0 aliphatic carbocycles. The highest BCUT2D eigenvalue weighted by Gasteiger charge is 2.53. The standard InChI is InChI=1S/C25H36FN5O6/c1-14(32)19(27)23(36)30-11-3-5-18(30)22(35)31-12-4-10-25(31,13-16-6-8-17(26)9-7-16)24(37)29-20(15(2)33)21(28)34/h6-9,14-15,18-20,32-33H,3-5,10-13,27H2,1-2H3,(H2,28,34)(H,29,37)/t14-,15-,18?,19+,20+,25?/m1/s1. The Hall–Kier alpha value is -3.09. The van der Waals surface area contributed by atoms with Gasteiger partial charge in [0.15, 0.2) is 0 Å². The molecule has 0 radical (unpaired) electrons. The monoisotopic (exact) mass is 521 g/mol. The summed E-state index contributed by atoms with van der Waals surface area (Å²) in [5.74, 6) is -3.08. The van der Waals surface area contributed by atoms with Crippen molar-refractivity contribution in [3.63, 3.8) is 0 Å². The fraction of sp³-hybridized carbons (Fsp3) is 0.600.